The fourth-order valence-corrected chi connectivity index (χ4v) is 2.42. The number of aromatic amines is 1. The van der Waals surface area contributed by atoms with Crippen molar-refractivity contribution < 1.29 is 9.72 Å². The van der Waals surface area contributed by atoms with E-state index in [1.54, 1.807) is 12.1 Å². The van der Waals surface area contributed by atoms with E-state index in [1.807, 2.05) is 0 Å². The molecule has 0 saturated heterocycles. The Hall–Kier alpha value is -3.13. The molecule has 0 unspecified atom stereocenters. The molecule has 0 aliphatic heterocycles. The van der Waals surface area contributed by atoms with Crippen LogP contribution in [0, 0.1) is 10.1 Å². The van der Waals surface area contributed by atoms with Crippen LogP contribution in [0.1, 0.15) is 16.2 Å². The van der Waals surface area contributed by atoms with Gasteiger partial charge in [0.1, 0.15) is 16.9 Å². The Balaban J connectivity index is 2.07. The fraction of sp³-hybridized carbons (Fsp3) is 0.0667. The zero-order chi connectivity index (χ0) is 17.3. The van der Waals surface area contributed by atoms with Crippen LogP contribution in [0.3, 0.4) is 0 Å². The normalized spacial score (nSPS) is 10.7. The van der Waals surface area contributed by atoms with E-state index in [-0.39, 0.29) is 45.3 Å². The minimum atomic E-state index is -0.669. The molecule has 24 heavy (non-hydrogen) atoms. The number of nitrogens with one attached hydrogen (secondary N) is 1. The number of rotatable bonds is 4. The summed E-state index contributed by atoms with van der Waals surface area (Å²) in [5.74, 6) is -0.385. The third-order valence-corrected chi connectivity index (χ3v) is 3.51. The van der Waals surface area contributed by atoms with E-state index in [2.05, 4.69) is 15.0 Å². The van der Waals surface area contributed by atoms with Crippen molar-refractivity contribution in [2.45, 2.75) is 6.42 Å². The maximum atomic E-state index is 12.2. The largest absolute Gasteiger partial charge is 0.313 e. The van der Waals surface area contributed by atoms with Gasteiger partial charge in [-0.3, -0.25) is 24.7 Å². The second-order valence-electron chi connectivity index (χ2n) is 4.90. The molecular formula is C15H9ClN4O4. The van der Waals surface area contributed by atoms with Crippen molar-refractivity contribution in [3.05, 3.63) is 73.4 Å². The lowest BCUT2D eigenvalue weighted by molar-refractivity contribution is -0.383. The molecule has 0 atom stereocenters. The maximum Gasteiger partial charge on any atom is 0.296 e. The number of benzene rings is 1. The number of carbonyl (C=O) groups is 1. The molecule has 0 bridgehead atoms. The van der Waals surface area contributed by atoms with Crippen LogP contribution in [0.4, 0.5) is 5.69 Å². The number of hydrogen-bond acceptors (Lipinski definition) is 6. The molecule has 0 aliphatic rings. The SMILES string of the molecule is O=C(Cc1nc2cc(Cl)cc([N+](=O)[O-])c2[nH]c1=O)c1ccccn1. The average molecular weight is 345 g/mol. The third kappa shape index (κ3) is 2.99. The van der Waals surface area contributed by atoms with E-state index in [4.69, 9.17) is 11.6 Å². The van der Waals surface area contributed by atoms with Gasteiger partial charge in [0.15, 0.2) is 5.78 Å². The highest BCUT2D eigenvalue weighted by molar-refractivity contribution is 6.31. The summed E-state index contributed by atoms with van der Waals surface area (Å²) in [7, 11) is 0. The smallest absolute Gasteiger partial charge is 0.296 e. The molecule has 0 amide bonds. The molecule has 0 fully saturated rings. The van der Waals surface area contributed by atoms with Crippen molar-refractivity contribution >= 4 is 34.1 Å². The zero-order valence-electron chi connectivity index (χ0n) is 12.0. The number of nitro benzene ring substituents is 1. The number of halogens is 1. The first-order valence-corrected chi connectivity index (χ1v) is 7.14. The predicted octanol–water partition coefficient (Wildman–Crippen LogP) is 2.31. The van der Waals surface area contributed by atoms with Gasteiger partial charge in [-0.2, -0.15) is 0 Å². The lowest BCUT2D eigenvalue weighted by Gasteiger charge is -2.04. The molecule has 0 spiro atoms. The first-order valence-electron chi connectivity index (χ1n) is 6.77. The highest BCUT2D eigenvalue weighted by Crippen LogP contribution is 2.26. The summed E-state index contributed by atoms with van der Waals surface area (Å²) in [6.45, 7) is 0. The number of hydrogen-bond donors (Lipinski definition) is 1. The molecule has 3 rings (SSSR count). The number of non-ortho nitro benzene ring substituents is 1. The van der Waals surface area contributed by atoms with Crippen molar-refractivity contribution in [3.8, 4) is 0 Å². The minimum Gasteiger partial charge on any atom is -0.313 e. The molecule has 1 aromatic carbocycles. The minimum absolute atomic E-state index is 0.0385. The monoisotopic (exact) mass is 344 g/mol. The Bertz CT molecular complexity index is 1020. The molecule has 0 radical (unpaired) electrons. The molecule has 0 saturated carbocycles. The van der Waals surface area contributed by atoms with Crippen LogP contribution in [0.25, 0.3) is 11.0 Å². The lowest BCUT2D eigenvalue weighted by Crippen LogP contribution is -2.19. The first-order chi connectivity index (χ1) is 11.5. The van der Waals surface area contributed by atoms with E-state index in [0.717, 1.165) is 6.07 Å². The van der Waals surface area contributed by atoms with Crippen LogP contribution >= 0.6 is 11.6 Å². The van der Waals surface area contributed by atoms with Gasteiger partial charge in [-0.25, -0.2) is 4.98 Å². The third-order valence-electron chi connectivity index (χ3n) is 3.29. The summed E-state index contributed by atoms with van der Waals surface area (Å²) in [4.78, 5) is 45.0. The number of ketones is 1. The van der Waals surface area contributed by atoms with Gasteiger partial charge in [0, 0.05) is 17.3 Å². The standard InChI is InChI=1S/C15H9ClN4O4/c16-8-5-10-14(12(6-8)20(23)24)19-15(22)11(18-10)7-13(21)9-3-1-2-4-17-9/h1-6H,7H2,(H,19,22). The van der Waals surface area contributed by atoms with Gasteiger partial charge in [0.2, 0.25) is 0 Å². The molecule has 3 aromatic rings. The Morgan fingerprint density at radius 1 is 1.33 bits per heavy atom. The molecule has 8 nitrogen and oxygen atoms in total. The van der Waals surface area contributed by atoms with Crippen LogP contribution in [-0.2, 0) is 6.42 Å². The van der Waals surface area contributed by atoms with Gasteiger partial charge in [0.05, 0.1) is 16.9 Å². The average Bonchev–Trinajstić information content (AvgIpc) is 2.56. The molecule has 9 heteroatoms. The van der Waals surface area contributed by atoms with Crippen LogP contribution in [0.5, 0.6) is 0 Å². The summed E-state index contributed by atoms with van der Waals surface area (Å²) in [6, 6.07) is 7.36. The van der Waals surface area contributed by atoms with Crippen molar-refractivity contribution in [1.82, 2.24) is 15.0 Å². The Labute approximate surface area is 139 Å². The molecule has 2 heterocycles. The summed E-state index contributed by atoms with van der Waals surface area (Å²) in [5, 5.41) is 11.2. The van der Waals surface area contributed by atoms with Gasteiger partial charge in [-0.1, -0.05) is 17.7 Å². The molecular weight excluding hydrogens is 336 g/mol. The second kappa shape index (κ2) is 6.17. The van der Waals surface area contributed by atoms with Crippen LogP contribution < -0.4 is 5.56 Å². The van der Waals surface area contributed by atoms with Crippen molar-refractivity contribution in [2.24, 2.45) is 0 Å². The van der Waals surface area contributed by atoms with Gasteiger partial charge in [0.25, 0.3) is 11.2 Å². The molecule has 1 N–H and O–H groups in total. The van der Waals surface area contributed by atoms with Crippen molar-refractivity contribution in [2.75, 3.05) is 0 Å². The highest BCUT2D eigenvalue weighted by Gasteiger charge is 2.19. The Kier molecular flexibility index (Phi) is 4.05. The highest BCUT2D eigenvalue weighted by atomic mass is 35.5. The number of pyridine rings is 1. The number of Topliss-reactive ketones (excluding diaryl/α,β-unsaturated/α-hetero) is 1. The van der Waals surface area contributed by atoms with E-state index in [0.29, 0.717) is 0 Å². The molecule has 0 aliphatic carbocycles. The van der Waals surface area contributed by atoms with Gasteiger partial charge in [-0.05, 0) is 18.2 Å². The first kappa shape index (κ1) is 15.8. The Morgan fingerprint density at radius 2 is 2.12 bits per heavy atom. The summed E-state index contributed by atoms with van der Waals surface area (Å²) >= 11 is 5.85. The number of carbonyl (C=O) groups excluding carboxylic acids is 1. The molecule has 2 aromatic heterocycles. The molecule has 120 valence electrons. The van der Waals surface area contributed by atoms with Crippen molar-refractivity contribution in [1.29, 1.82) is 0 Å². The topological polar surface area (TPSA) is 119 Å². The van der Waals surface area contributed by atoms with E-state index < -0.39 is 10.5 Å². The van der Waals surface area contributed by atoms with Crippen molar-refractivity contribution in [3.63, 3.8) is 0 Å². The van der Waals surface area contributed by atoms with E-state index >= 15 is 0 Å². The van der Waals surface area contributed by atoms with E-state index in [1.165, 1.54) is 18.3 Å². The number of fused-ring (bicyclic) bond motifs is 1. The lowest BCUT2D eigenvalue weighted by atomic mass is 10.1. The second-order valence-corrected chi connectivity index (χ2v) is 5.34. The van der Waals surface area contributed by atoms with Gasteiger partial charge in [-0.15, -0.1) is 0 Å². The Morgan fingerprint density at radius 3 is 2.79 bits per heavy atom. The van der Waals surface area contributed by atoms with Crippen LogP contribution in [0.15, 0.2) is 41.3 Å². The van der Waals surface area contributed by atoms with Gasteiger partial charge < -0.3 is 4.98 Å². The van der Waals surface area contributed by atoms with E-state index in [9.17, 15) is 19.7 Å². The summed E-state index contributed by atoms with van der Waals surface area (Å²) in [6.07, 6.45) is 1.19. The fourth-order valence-electron chi connectivity index (χ4n) is 2.21. The number of nitrogens with zero attached hydrogens (tertiary/aromatic N) is 3. The van der Waals surface area contributed by atoms with Gasteiger partial charge >= 0.3 is 0 Å². The number of aromatic nitrogens is 3. The number of nitro groups is 1. The summed E-state index contributed by atoms with van der Waals surface area (Å²) < 4.78 is 0. The maximum absolute atomic E-state index is 12.2. The number of H-pyrrole nitrogens is 1. The zero-order valence-corrected chi connectivity index (χ0v) is 12.8. The van der Waals surface area contributed by atoms with Crippen LogP contribution in [-0.4, -0.2) is 25.7 Å². The predicted molar refractivity (Wildman–Crippen MR) is 86.3 cm³/mol. The van der Waals surface area contributed by atoms with Crippen LogP contribution in [0.2, 0.25) is 5.02 Å². The quantitative estimate of drug-likeness (QED) is 0.440. The summed E-state index contributed by atoms with van der Waals surface area (Å²) in [5.41, 5.74) is -0.784.